The van der Waals surface area contributed by atoms with E-state index in [1.165, 1.54) is 6.20 Å². The van der Waals surface area contributed by atoms with Crippen LogP contribution in [0, 0.1) is 0 Å². The molecule has 146 valence electrons. The molecule has 1 aliphatic heterocycles. The lowest BCUT2D eigenvalue weighted by Gasteiger charge is -2.30. The van der Waals surface area contributed by atoms with E-state index in [9.17, 15) is 27.3 Å². The van der Waals surface area contributed by atoms with E-state index in [-0.39, 0.29) is 18.1 Å². The molecular formula is C15H21F3N4O3S. The van der Waals surface area contributed by atoms with Crippen molar-refractivity contribution in [2.24, 2.45) is 10.1 Å². The van der Waals surface area contributed by atoms with Crippen LogP contribution in [0.3, 0.4) is 0 Å². The Balaban J connectivity index is 2.32. The van der Waals surface area contributed by atoms with Crippen molar-refractivity contribution in [2.45, 2.75) is 50.4 Å². The Morgan fingerprint density at radius 2 is 2.00 bits per heavy atom. The van der Waals surface area contributed by atoms with Gasteiger partial charge in [-0.2, -0.15) is 17.5 Å². The molecule has 0 bridgehead atoms. The second kappa shape index (κ2) is 7.20. The molecule has 0 fully saturated rings. The summed E-state index contributed by atoms with van der Waals surface area (Å²) in [4.78, 5) is 19.1. The third-order valence-electron chi connectivity index (χ3n) is 4.26. The highest BCUT2D eigenvalue weighted by atomic mass is 32.2. The first-order valence-electron chi connectivity index (χ1n) is 8.01. The Morgan fingerprint density at radius 3 is 2.46 bits per heavy atom. The normalized spacial score (nSPS) is 26.5. The van der Waals surface area contributed by atoms with E-state index in [1.807, 2.05) is 0 Å². The third-order valence-corrected chi connectivity index (χ3v) is 6.49. The summed E-state index contributed by atoms with van der Waals surface area (Å²) in [5, 5.41) is 10.3. The molecule has 1 aliphatic rings. The Bertz CT molecular complexity index is 788. The highest BCUT2D eigenvalue weighted by Crippen LogP contribution is 2.41. The van der Waals surface area contributed by atoms with Crippen LogP contribution in [0.1, 0.15) is 44.0 Å². The zero-order valence-corrected chi connectivity index (χ0v) is 15.2. The van der Waals surface area contributed by atoms with E-state index < -0.39 is 51.3 Å². The number of carbonyl (C=O) groups excluding carboxylic acids is 1. The van der Waals surface area contributed by atoms with Gasteiger partial charge in [-0.15, -0.1) is 0 Å². The third kappa shape index (κ3) is 4.21. The van der Waals surface area contributed by atoms with Gasteiger partial charge in [-0.1, -0.05) is 13.8 Å². The lowest BCUT2D eigenvalue weighted by atomic mass is 9.96. The summed E-state index contributed by atoms with van der Waals surface area (Å²) in [7, 11) is -3.21. The van der Waals surface area contributed by atoms with E-state index in [4.69, 9.17) is 5.73 Å². The largest absolute Gasteiger partial charge is 0.423 e. The van der Waals surface area contributed by atoms with Crippen LogP contribution in [0.2, 0.25) is 0 Å². The van der Waals surface area contributed by atoms with Crippen LogP contribution in [0.25, 0.3) is 0 Å². The average molecular weight is 394 g/mol. The monoisotopic (exact) mass is 394 g/mol. The molecule has 1 aromatic rings. The molecule has 0 aliphatic carbocycles. The summed E-state index contributed by atoms with van der Waals surface area (Å²) in [5.74, 6) is -1.53. The predicted octanol–water partition coefficient (Wildman–Crippen LogP) is 1.47. The van der Waals surface area contributed by atoms with Crippen molar-refractivity contribution in [3.8, 4) is 0 Å². The summed E-state index contributed by atoms with van der Waals surface area (Å²) >= 11 is 0. The van der Waals surface area contributed by atoms with Gasteiger partial charge in [0.1, 0.15) is 0 Å². The standard InChI is InChI=1S/C15H21F3N4O3S/c1-9(2)11-7-21-12(8-20-11)14(24,15(16,17)18)4-6-26(25)5-3-10(19)13(23)22-26/h7-10,24H,3-6,19H2,1-2H3/t10-,14?,26?/m0/s1. The maximum atomic E-state index is 13.5. The Labute approximate surface area is 149 Å². The molecule has 2 heterocycles. The smallest absolute Gasteiger partial charge is 0.375 e. The maximum Gasteiger partial charge on any atom is 0.423 e. The van der Waals surface area contributed by atoms with Gasteiger partial charge in [0, 0.05) is 24.1 Å². The zero-order chi connectivity index (χ0) is 19.8. The quantitative estimate of drug-likeness (QED) is 0.781. The molecule has 0 saturated carbocycles. The van der Waals surface area contributed by atoms with Gasteiger partial charge in [-0.05, 0) is 12.3 Å². The number of halogens is 3. The number of hydrogen-bond acceptors (Lipinski definition) is 6. The predicted molar refractivity (Wildman–Crippen MR) is 88.6 cm³/mol. The molecule has 3 N–H and O–H groups in total. The van der Waals surface area contributed by atoms with E-state index >= 15 is 0 Å². The first-order valence-corrected chi connectivity index (χ1v) is 9.87. The van der Waals surface area contributed by atoms with Gasteiger partial charge in [0.05, 0.1) is 33.4 Å². The molecule has 2 unspecified atom stereocenters. The van der Waals surface area contributed by atoms with Crippen LogP contribution in [-0.2, 0) is 20.1 Å². The van der Waals surface area contributed by atoms with Gasteiger partial charge in [-0.3, -0.25) is 14.8 Å². The average Bonchev–Trinajstić information content (AvgIpc) is 2.55. The summed E-state index contributed by atoms with van der Waals surface area (Å²) in [6, 6.07) is -0.888. The van der Waals surface area contributed by atoms with Crippen molar-refractivity contribution in [3.05, 3.63) is 23.8 Å². The van der Waals surface area contributed by atoms with Crippen LogP contribution < -0.4 is 5.73 Å². The highest BCUT2D eigenvalue weighted by Gasteiger charge is 2.56. The first kappa shape index (κ1) is 20.7. The van der Waals surface area contributed by atoms with E-state index in [2.05, 4.69) is 14.3 Å². The molecule has 7 nitrogen and oxygen atoms in total. The van der Waals surface area contributed by atoms with Crippen molar-refractivity contribution in [1.82, 2.24) is 9.97 Å². The lowest BCUT2D eigenvalue weighted by Crippen LogP contribution is -2.45. The van der Waals surface area contributed by atoms with Crippen molar-refractivity contribution in [2.75, 3.05) is 11.5 Å². The van der Waals surface area contributed by atoms with Crippen LogP contribution in [0.5, 0.6) is 0 Å². The van der Waals surface area contributed by atoms with Gasteiger partial charge in [0.15, 0.2) is 0 Å². The fourth-order valence-electron chi connectivity index (χ4n) is 2.43. The Kier molecular flexibility index (Phi) is 5.74. The molecule has 3 atom stereocenters. The van der Waals surface area contributed by atoms with Crippen molar-refractivity contribution >= 4 is 15.6 Å². The minimum absolute atomic E-state index is 0.0406. The highest BCUT2D eigenvalue weighted by molar-refractivity contribution is 7.93. The minimum atomic E-state index is -5.06. The molecule has 0 saturated heterocycles. The van der Waals surface area contributed by atoms with E-state index in [0.717, 1.165) is 6.20 Å². The molecule has 1 amide bonds. The van der Waals surface area contributed by atoms with Gasteiger partial charge >= 0.3 is 6.18 Å². The van der Waals surface area contributed by atoms with Gasteiger partial charge in [0.25, 0.3) is 5.91 Å². The summed E-state index contributed by atoms with van der Waals surface area (Å²) in [6.45, 7) is 3.60. The van der Waals surface area contributed by atoms with Crippen LogP contribution in [-0.4, -0.2) is 48.9 Å². The number of carbonyl (C=O) groups is 1. The minimum Gasteiger partial charge on any atom is -0.375 e. The number of aliphatic hydroxyl groups is 1. The van der Waals surface area contributed by atoms with E-state index in [1.54, 1.807) is 13.8 Å². The number of amides is 1. The number of nitrogens with zero attached hydrogens (tertiary/aromatic N) is 3. The molecule has 11 heteroatoms. The second-order valence-corrected chi connectivity index (χ2v) is 9.14. The molecule has 0 radical (unpaired) electrons. The number of alkyl halides is 3. The van der Waals surface area contributed by atoms with E-state index in [0.29, 0.717) is 5.69 Å². The Hall–Kier alpha value is -1.59. The molecule has 2 rings (SSSR count). The molecular weight excluding hydrogens is 373 g/mol. The SMILES string of the molecule is CC(C)c1cnc(C(O)(CCS2(=O)=NC(=O)[C@@H](N)CC2)C(F)(F)F)cn1. The fraction of sp³-hybridized carbons (Fsp3) is 0.667. The fourth-order valence-corrected chi connectivity index (χ4v) is 4.52. The van der Waals surface area contributed by atoms with Crippen LogP contribution >= 0.6 is 0 Å². The summed E-state index contributed by atoms with van der Waals surface area (Å²) in [6.07, 6.45) is -3.89. The first-order chi connectivity index (χ1) is 11.9. The van der Waals surface area contributed by atoms with Gasteiger partial charge in [-0.25, -0.2) is 4.21 Å². The summed E-state index contributed by atoms with van der Waals surface area (Å²) in [5.41, 5.74) is 1.92. The molecule has 0 spiro atoms. The molecule has 0 aromatic carbocycles. The van der Waals surface area contributed by atoms with Crippen LogP contribution in [0.15, 0.2) is 16.8 Å². The summed E-state index contributed by atoms with van der Waals surface area (Å²) < 4.78 is 56.6. The second-order valence-electron chi connectivity index (χ2n) is 6.59. The number of rotatable bonds is 5. The number of aromatic nitrogens is 2. The Morgan fingerprint density at radius 1 is 1.35 bits per heavy atom. The lowest BCUT2D eigenvalue weighted by molar-refractivity contribution is -0.269. The topological polar surface area (TPSA) is 119 Å². The number of hydrogen-bond donors (Lipinski definition) is 2. The maximum absolute atomic E-state index is 13.5. The van der Waals surface area contributed by atoms with Gasteiger partial charge in [0.2, 0.25) is 5.60 Å². The molecule has 1 aromatic heterocycles. The number of nitrogens with two attached hydrogens (primary N) is 1. The van der Waals surface area contributed by atoms with Crippen molar-refractivity contribution in [1.29, 1.82) is 0 Å². The molecule has 26 heavy (non-hydrogen) atoms. The zero-order valence-electron chi connectivity index (χ0n) is 14.4. The van der Waals surface area contributed by atoms with Crippen molar-refractivity contribution in [3.63, 3.8) is 0 Å². The van der Waals surface area contributed by atoms with Crippen molar-refractivity contribution < 1.29 is 27.3 Å². The van der Waals surface area contributed by atoms with Crippen LogP contribution in [0.4, 0.5) is 13.2 Å². The van der Waals surface area contributed by atoms with Gasteiger partial charge < -0.3 is 10.8 Å².